The molecule has 0 spiro atoms. The highest BCUT2D eigenvalue weighted by atomic mass is 35.5. The van der Waals surface area contributed by atoms with Gasteiger partial charge in [-0.3, -0.25) is 19.7 Å². The lowest BCUT2D eigenvalue weighted by atomic mass is 10.1. The number of ether oxygens (including phenoxy) is 3. The summed E-state index contributed by atoms with van der Waals surface area (Å²) < 4.78 is 16.0. The van der Waals surface area contributed by atoms with Gasteiger partial charge in [-0.05, 0) is 60.2 Å². The van der Waals surface area contributed by atoms with Crippen LogP contribution in [0.1, 0.15) is 5.56 Å². The standard InChI is InChI=1S/C27H21Cl2N3O7/c1-37-17-9-7-16(8-10-17)32-26(35)18(25(34)31-27(32)36)11-15-12-20(29)24(22(13-15)38-2)39-14-23(33)30-21-6-4-3-5-19(21)28/h3-13H,14H2,1-2H3,(H,30,33)(H,31,34,36)/b18-11+. The first-order chi connectivity index (χ1) is 18.7. The molecule has 0 radical (unpaired) electrons. The fraction of sp³-hybridized carbons (Fsp3) is 0.111. The molecule has 39 heavy (non-hydrogen) atoms. The number of barbiturate groups is 1. The molecule has 5 amide bonds. The zero-order valence-electron chi connectivity index (χ0n) is 20.6. The van der Waals surface area contributed by atoms with Crippen LogP contribution < -0.4 is 29.7 Å². The van der Waals surface area contributed by atoms with Gasteiger partial charge in [-0.15, -0.1) is 0 Å². The van der Waals surface area contributed by atoms with Crippen LogP contribution in [0.3, 0.4) is 0 Å². The molecule has 12 heteroatoms. The lowest BCUT2D eigenvalue weighted by Crippen LogP contribution is -2.54. The predicted octanol–water partition coefficient (Wildman–Crippen LogP) is 4.69. The third-order valence-electron chi connectivity index (χ3n) is 5.49. The number of nitrogens with one attached hydrogen (secondary N) is 2. The van der Waals surface area contributed by atoms with Crippen molar-refractivity contribution < 1.29 is 33.4 Å². The number of carbonyl (C=O) groups is 4. The second-order valence-electron chi connectivity index (χ2n) is 8.01. The molecule has 0 bridgehead atoms. The van der Waals surface area contributed by atoms with Crippen LogP contribution in [-0.2, 0) is 14.4 Å². The van der Waals surface area contributed by atoms with Crippen LogP contribution >= 0.6 is 23.2 Å². The fourth-order valence-corrected chi connectivity index (χ4v) is 4.10. The minimum atomic E-state index is -0.887. The number of hydrogen-bond acceptors (Lipinski definition) is 7. The van der Waals surface area contributed by atoms with Gasteiger partial charge in [0.1, 0.15) is 11.3 Å². The molecular weight excluding hydrogens is 549 g/mol. The van der Waals surface area contributed by atoms with E-state index in [1.807, 2.05) is 0 Å². The van der Waals surface area contributed by atoms with Crippen LogP contribution in [-0.4, -0.2) is 44.6 Å². The SMILES string of the molecule is COc1ccc(N2C(=O)NC(=O)/C(=C\c3cc(Cl)c(OCC(=O)Nc4ccccc4Cl)c(OC)c3)C2=O)cc1. The fourth-order valence-electron chi connectivity index (χ4n) is 3.64. The number of imide groups is 2. The summed E-state index contributed by atoms with van der Waals surface area (Å²) in [7, 11) is 2.85. The predicted molar refractivity (Wildman–Crippen MR) is 146 cm³/mol. The molecule has 4 rings (SSSR count). The molecule has 0 aromatic heterocycles. The average Bonchev–Trinajstić information content (AvgIpc) is 2.91. The van der Waals surface area contributed by atoms with E-state index in [-0.39, 0.29) is 27.8 Å². The molecule has 1 fully saturated rings. The summed E-state index contributed by atoms with van der Waals surface area (Å²) in [6.07, 6.45) is 1.27. The van der Waals surface area contributed by atoms with Gasteiger partial charge >= 0.3 is 6.03 Å². The van der Waals surface area contributed by atoms with Crippen LogP contribution in [0.5, 0.6) is 17.2 Å². The maximum absolute atomic E-state index is 13.2. The van der Waals surface area contributed by atoms with Gasteiger partial charge in [0.25, 0.3) is 17.7 Å². The quantitative estimate of drug-likeness (QED) is 0.298. The van der Waals surface area contributed by atoms with Crippen molar-refractivity contribution in [2.45, 2.75) is 0 Å². The Balaban J connectivity index is 1.56. The minimum Gasteiger partial charge on any atom is -0.497 e. The number of para-hydroxylation sites is 1. The largest absolute Gasteiger partial charge is 0.497 e. The van der Waals surface area contributed by atoms with Crippen molar-refractivity contribution in [3.63, 3.8) is 0 Å². The van der Waals surface area contributed by atoms with Crippen molar-refractivity contribution in [2.75, 3.05) is 31.0 Å². The number of amides is 5. The number of carbonyl (C=O) groups excluding carboxylic acids is 4. The molecule has 1 heterocycles. The van der Waals surface area contributed by atoms with Crippen molar-refractivity contribution in [2.24, 2.45) is 0 Å². The number of benzene rings is 3. The third-order valence-corrected chi connectivity index (χ3v) is 6.10. The Morgan fingerprint density at radius 1 is 0.974 bits per heavy atom. The number of urea groups is 1. The third kappa shape index (κ3) is 6.14. The van der Waals surface area contributed by atoms with Gasteiger partial charge in [-0.2, -0.15) is 0 Å². The van der Waals surface area contributed by atoms with Gasteiger partial charge in [0, 0.05) is 0 Å². The van der Waals surface area contributed by atoms with E-state index < -0.39 is 30.4 Å². The van der Waals surface area contributed by atoms with E-state index in [1.54, 1.807) is 36.4 Å². The first-order valence-corrected chi connectivity index (χ1v) is 12.1. The first-order valence-electron chi connectivity index (χ1n) is 11.3. The van der Waals surface area contributed by atoms with Crippen LogP contribution in [0.15, 0.2) is 66.2 Å². The minimum absolute atomic E-state index is 0.0542. The summed E-state index contributed by atoms with van der Waals surface area (Å²) >= 11 is 12.5. The maximum atomic E-state index is 13.2. The van der Waals surface area contributed by atoms with Crippen LogP contribution in [0, 0.1) is 0 Å². The molecule has 200 valence electrons. The number of halogens is 2. The molecule has 0 unspecified atom stereocenters. The second kappa shape index (κ2) is 11.9. The number of nitrogens with zero attached hydrogens (tertiary/aromatic N) is 1. The molecule has 3 aromatic rings. The molecule has 10 nitrogen and oxygen atoms in total. The van der Waals surface area contributed by atoms with Crippen LogP contribution in [0.2, 0.25) is 10.0 Å². The van der Waals surface area contributed by atoms with Gasteiger partial charge < -0.3 is 19.5 Å². The van der Waals surface area contributed by atoms with Crippen molar-refractivity contribution in [1.29, 1.82) is 0 Å². The highest BCUT2D eigenvalue weighted by Gasteiger charge is 2.37. The van der Waals surface area contributed by atoms with Gasteiger partial charge in [0.2, 0.25) is 0 Å². The molecule has 1 aliphatic heterocycles. The summed E-state index contributed by atoms with van der Waals surface area (Å²) in [5, 5.41) is 5.21. The van der Waals surface area contributed by atoms with E-state index in [9.17, 15) is 19.2 Å². The monoisotopic (exact) mass is 569 g/mol. The Bertz CT molecular complexity index is 1490. The average molecular weight is 570 g/mol. The van der Waals surface area contributed by atoms with E-state index in [1.165, 1.54) is 44.6 Å². The van der Waals surface area contributed by atoms with E-state index in [2.05, 4.69) is 10.6 Å². The smallest absolute Gasteiger partial charge is 0.335 e. The Morgan fingerprint density at radius 2 is 1.69 bits per heavy atom. The van der Waals surface area contributed by atoms with Crippen molar-refractivity contribution in [1.82, 2.24) is 5.32 Å². The van der Waals surface area contributed by atoms with E-state index in [0.29, 0.717) is 22.0 Å². The Labute approximate surface area is 233 Å². The molecule has 0 atom stereocenters. The van der Waals surface area contributed by atoms with E-state index >= 15 is 0 Å². The zero-order chi connectivity index (χ0) is 28.1. The molecule has 1 saturated heterocycles. The first kappa shape index (κ1) is 27.5. The molecule has 0 saturated carbocycles. The van der Waals surface area contributed by atoms with E-state index in [4.69, 9.17) is 37.4 Å². The molecule has 0 aliphatic carbocycles. The molecule has 1 aliphatic rings. The Morgan fingerprint density at radius 3 is 2.36 bits per heavy atom. The van der Waals surface area contributed by atoms with Crippen LogP contribution in [0.4, 0.5) is 16.2 Å². The molecule has 3 aromatic carbocycles. The van der Waals surface area contributed by atoms with E-state index in [0.717, 1.165) is 4.90 Å². The number of rotatable bonds is 8. The number of hydrogen-bond donors (Lipinski definition) is 2. The van der Waals surface area contributed by atoms with Crippen molar-refractivity contribution in [3.8, 4) is 17.2 Å². The lowest BCUT2D eigenvalue weighted by Gasteiger charge is -2.26. The topological polar surface area (TPSA) is 123 Å². The lowest BCUT2D eigenvalue weighted by molar-refractivity contribution is -0.122. The number of methoxy groups -OCH3 is 2. The van der Waals surface area contributed by atoms with Gasteiger partial charge in [-0.1, -0.05) is 35.3 Å². The normalized spacial score (nSPS) is 14.2. The summed E-state index contributed by atoms with van der Waals surface area (Å²) in [5.41, 5.74) is 0.667. The van der Waals surface area contributed by atoms with Gasteiger partial charge in [0.15, 0.2) is 18.1 Å². The second-order valence-corrected chi connectivity index (χ2v) is 8.82. The van der Waals surface area contributed by atoms with Crippen molar-refractivity contribution in [3.05, 3.63) is 81.8 Å². The Hall–Kier alpha value is -4.54. The summed E-state index contributed by atoms with van der Waals surface area (Å²) in [6, 6.07) is 14.9. The zero-order valence-corrected chi connectivity index (χ0v) is 22.1. The summed E-state index contributed by atoms with van der Waals surface area (Å²) in [6.45, 7) is -0.401. The highest BCUT2D eigenvalue weighted by Crippen LogP contribution is 2.37. The van der Waals surface area contributed by atoms with Gasteiger partial charge in [0.05, 0.1) is 35.6 Å². The highest BCUT2D eigenvalue weighted by molar-refractivity contribution is 6.39. The summed E-state index contributed by atoms with van der Waals surface area (Å²) in [5.74, 6) is -1.44. The molecular formula is C27H21Cl2N3O7. The van der Waals surface area contributed by atoms with Gasteiger partial charge in [-0.25, -0.2) is 9.69 Å². The maximum Gasteiger partial charge on any atom is 0.335 e. The van der Waals surface area contributed by atoms with Crippen LogP contribution in [0.25, 0.3) is 6.08 Å². The Kier molecular flexibility index (Phi) is 8.38. The van der Waals surface area contributed by atoms with Crippen molar-refractivity contribution >= 4 is 64.4 Å². The summed E-state index contributed by atoms with van der Waals surface area (Å²) in [4.78, 5) is 51.3. The molecule has 2 N–H and O–H groups in total. The number of anilines is 2.